The van der Waals surface area contributed by atoms with Crippen molar-refractivity contribution in [3.63, 3.8) is 0 Å². The maximum atomic E-state index is 13.7. The molecule has 0 fully saturated rings. The van der Waals surface area contributed by atoms with Gasteiger partial charge in [0.05, 0.1) is 5.56 Å². The van der Waals surface area contributed by atoms with Crippen LogP contribution in [-0.4, -0.2) is 6.36 Å². The number of benzene rings is 2. The Balaban J connectivity index is 0.00000139. The lowest BCUT2D eigenvalue weighted by Gasteiger charge is -2.12. The molecule has 0 amide bonds. The van der Waals surface area contributed by atoms with Crippen molar-refractivity contribution >= 4 is 5.69 Å². The Hall–Kier alpha value is -2.45. The maximum absolute atomic E-state index is 13.7. The molecule has 0 aliphatic heterocycles. The molecule has 0 radical (unpaired) electrons. The van der Waals surface area contributed by atoms with E-state index in [-0.39, 0.29) is 0 Å². The molecule has 2 aromatic rings. The van der Waals surface area contributed by atoms with Gasteiger partial charge in [0.25, 0.3) is 0 Å². The second-order valence-corrected chi connectivity index (χ2v) is 4.12. The summed E-state index contributed by atoms with van der Waals surface area (Å²) in [7, 11) is 0. The highest BCUT2D eigenvalue weighted by molar-refractivity contribution is 5.69. The smallest absolute Gasteiger partial charge is 0.406 e. The Kier molecular flexibility index (Phi) is 6.05. The minimum atomic E-state index is -5.03. The number of alkyl halides is 3. The zero-order chi connectivity index (χ0) is 18.7. The van der Waals surface area contributed by atoms with Crippen LogP contribution in [0.4, 0.5) is 36.4 Å². The number of halogens is 7. The second kappa shape index (κ2) is 7.41. The van der Waals surface area contributed by atoms with E-state index in [1.807, 2.05) is 13.8 Å². The van der Waals surface area contributed by atoms with Gasteiger partial charge in [0.2, 0.25) is 0 Å². The number of anilines is 1. The lowest BCUT2D eigenvalue weighted by atomic mass is 10.0. The second-order valence-electron chi connectivity index (χ2n) is 4.12. The predicted octanol–water partition coefficient (Wildman–Crippen LogP) is 5.42. The minimum Gasteiger partial charge on any atom is -0.406 e. The van der Waals surface area contributed by atoms with Crippen molar-refractivity contribution in [2.45, 2.75) is 20.2 Å². The summed E-state index contributed by atoms with van der Waals surface area (Å²) in [5.41, 5.74) is 1.75. The third kappa shape index (κ3) is 4.09. The first-order chi connectivity index (χ1) is 11.1. The van der Waals surface area contributed by atoms with Crippen LogP contribution in [0.5, 0.6) is 5.75 Å². The summed E-state index contributed by atoms with van der Waals surface area (Å²) in [5.74, 6) is -8.12. The molecule has 0 bridgehead atoms. The summed E-state index contributed by atoms with van der Waals surface area (Å²) in [6, 6.07) is 3.38. The largest absolute Gasteiger partial charge is 0.573 e. The Morgan fingerprint density at radius 3 is 1.83 bits per heavy atom. The van der Waals surface area contributed by atoms with Gasteiger partial charge in [0, 0.05) is 0 Å². The fourth-order valence-corrected chi connectivity index (χ4v) is 1.75. The van der Waals surface area contributed by atoms with Gasteiger partial charge in [-0.3, -0.25) is 0 Å². The fraction of sp³-hybridized carbons (Fsp3) is 0.200. The van der Waals surface area contributed by atoms with Gasteiger partial charge in [-0.05, 0) is 17.7 Å². The summed E-state index contributed by atoms with van der Waals surface area (Å²) in [5, 5.41) is 0. The lowest BCUT2D eigenvalue weighted by Crippen LogP contribution is -2.17. The molecule has 0 saturated heterocycles. The van der Waals surface area contributed by atoms with Crippen LogP contribution >= 0.6 is 0 Å². The lowest BCUT2D eigenvalue weighted by molar-refractivity contribution is -0.274. The summed E-state index contributed by atoms with van der Waals surface area (Å²) < 4.78 is 94.1. The third-order valence-corrected chi connectivity index (χ3v) is 2.65. The summed E-state index contributed by atoms with van der Waals surface area (Å²) in [4.78, 5) is 0. The van der Waals surface area contributed by atoms with Crippen LogP contribution in [0.1, 0.15) is 13.8 Å². The van der Waals surface area contributed by atoms with Crippen molar-refractivity contribution in [3.05, 3.63) is 47.5 Å². The normalized spacial score (nSPS) is 10.9. The first-order valence-corrected chi connectivity index (χ1v) is 6.59. The monoisotopic (exact) mass is 355 g/mol. The molecule has 0 aliphatic rings. The van der Waals surface area contributed by atoms with Crippen molar-refractivity contribution in [2.75, 3.05) is 5.73 Å². The van der Waals surface area contributed by atoms with Crippen molar-refractivity contribution < 1.29 is 35.5 Å². The molecule has 2 rings (SSSR count). The fourth-order valence-electron chi connectivity index (χ4n) is 1.75. The molecule has 0 unspecified atom stereocenters. The Bertz CT molecular complexity index is 699. The number of ether oxygens (including phenoxy) is 1. The van der Waals surface area contributed by atoms with Crippen molar-refractivity contribution in [3.8, 4) is 16.9 Å². The number of hydrogen-bond donors (Lipinski definition) is 1. The van der Waals surface area contributed by atoms with E-state index < -0.39 is 52.2 Å². The predicted molar refractivity (Wildman–Crippen MR) is 74.2 cm³/mol. The first kappa shape index (κ1) is 19.6. The molecule has 0 spiro atoms. The molecular formula is C15H12F7NO. The molecule has 0 aliphatic carbocycles. The van der Waals surface area contributed by atoms with Crippen LogP contribution in [0.3, 0.4) is 0 Å². The summed E-state index contributed by atoms with van der Waals surface area (Å²) >= 11 is 0. The molecule has 24 heavy (non-hydrogen) atoms. The van der Waals surface area contributed by atoms with Gasteiger partial charge >= 0.3 is 6.36 Å². The van der Waals surface area contributed by atoms with Crippen molar-refractivity contribution in [2.24, 2.45) is 0 Å². The zero-order valence-corrected chi connectivity index (χ0v) is 12.4. The Morgan fingerprint density at radius 1 is 0.875 bits per heavy atom. The van der Waals surface area contributed by atoms with E-state index in [0.29, 0.717) is 6.07 Å². The van der Waals surface area contributed by atoms with Gasteiger partial charge in [-0.25, -0.2) is 17.6 Å². The van der Waals surface area contributed by atoms with Gasteiger partial charge < -0.3 is 10.5 Å². The molecule has 132 valence electrons. The number of nitrogen functional groups attached to an aromatic ring is 1. The minimum absolute atomic E-state index is 0.547. The van der Waals surface area contributed by atoms with Gasteiger partial charge in [0.15, 0.2) is 23.3 Å². The standard InChI is InChI=1S/C13H6F7NO.C2H6/c14-8-7(9(15)11(17)12(21)10(8)16)5-2-1-3-6(4-5)22-13(18,19)20;1-2/h1-4H,21H2;1-2H3. The van der Waals surface area contributed by atoms with Gasteiger partial charge in [-0.2, -0.15) is 0 Å². The first-order valence-electron chi connectivity index (χ1n) is 6.59. The molecular weight excluding hydrogens is 343 g/mol. The van der Waals surface area contributed by atoms with E-state index in [0.717, 1.165) is 18.2 Å². The van der Waals surface area contributed by atoms with Crippen molar-refractivity contribution in [1.82, 2.24) is 0 Å². The molecule has 0 atom stereocenters. The van der Waals surface area contributed by atoms with E-state index in [2.05, 4.69) is 4.74 Å². The SMILES string of the molecule is CC.Nc1c(F)c(F)c(-c2cccc(OC(F)(F)F)c2)c(F)c1F. The van der Waals surface area contributed by atoms with E-state index >= 15 is 0 Å². The van der Waals surface area contributed by atoms with Crippen LogP contribution in [-0.2, 0) is 0 Å². The molecule has 0 saturated carbocycles. The van der Waals surface area contributed by atoms with E-state index in [4.69, 9.17) is 5.73 Å². The van der Waals surface area contributed by atoms with Crippen LogP contribution in [0, 0.1) is 23.3 Å². The number of rotatable bonds is 2. The van der Waals surface area contributed by atoms with Gasteiger partial charge in [-0.15, -0.1) is 13.2 Å². The highest BCUT2D eigenvalue weighted by Gasteiger charge is 2.31. The van der Waals surface area contributed by atoms with Crippen molar-refractivity contribution in [1.29, 1.82) is 0 Å². The number of hydrogen-bond acceptors (Lipinski definition) is 2. The quantitative estimate of drug-likeness (QED) is 0.444. The Morgan fingerprint density at radius 2 is 1.38 bits per heavy atom. The molecule has 2 nitrogen and oxygen atoms in total. The van der Waals surface area contributed by atoms with Crippen LogP contribution in [0.2, 0.25) is 0 Å². The van der Waals surface area contributed by atoms with Crippen LogP contribution in [0.15, 0.2) is 24.3 Å². The van der Waals surface area contributed by atoms with E-state index in [1.54, 1.807) is 0 Å². The average molecular weight is 355 g/mol. The number of nitrogens with two attached hydrogens (primary N) is 1. The molecule has 9 heteroatoms. The van der Waals surface area contributed by atoms with E-state index in [1.165, 1.54) is 0 Å². The highest BCUT2D eigenvalue weighted by Crippen LogP contribution is 2.35. The molecule has 2 aromatic carbocycles. The molecule has 2 N–H and O–H groups in total. The highest BCUT2D eigenvalue weighted by atomic mass is 19.4. The molecule has 0 aromatic heterocycles. The van der Waals surface area contributed by atoms with Gasteiger partial charge in [-0.1, -0.05) is 26.0 Å². The molecule has 0 heterocycles. The van der Waals surface area contributed by atoms with E-state index in [9.17, 15) is 30.7 Å². The van der Waals surface area contributed by atoms with Crippen LogP contribution < -0.4 is 10.5 Å². The summed E-state index contributed by atoms with van der Waals surface area (Å²) in [6.45, 7) is 4.00. The van der Waals surface area contributed by atoms with Crippen LogP contribution in [0.25, 0.3) is 11.1 Å². The zero-order valence-electron chi connectivity index (χ0n) is 12.4. The maximum Gasteiger partial charge on any atom is 0.573 e. The summed E-state index contributed by atoms with van der Waals surface area (Å²) in [6.07, 6.45) is -5.03. The van der Waals surface area contributed by atoms with Gasteiger partial charge in [0.1, 0.15) is 11.4 Å². The average Bonchev–Trinajstić information content (AvgIpc) is 2.52. The Labute approximate surface area is 132 Å². The third-order valence-electron chi connectivity index (χ3n) is 2.65. The topological polar surface area (TPSA) is 35.2 Å².